The van der Waals surface area contributed by atoms with Crippen LogP contribution in [0.2, 0.25) is 0 Å². The Morgan fingerprint density at radius 2 is 1.95 bits per heavy atom. The van der Waals surface area contributed by atoms with Crippen molar-refractivity contribution in [2.24, 2.45) is 5.92 Å². The molecule has 0 radical (unpaired) electrons. The number of likely N-dealkylation sites (tertiary alicyclic amines) is 1. The zero-order chi connectivity index (χ0) is 29.6. The third-order valence-electron chi connectivity index (χ3n) is 7.18. The number of benzene rings is 2. The lowest BCUT2D eigenvalue weighted by Crippen LogP contribution is -2.40. The lowest BCUT2D eigenvalue weighted by molar-refractivity contribution is -0.122. The highest BCUT2D eigenvalue weighted by molar-refractivity contribution is 5.99. The van der Waals surface area contributed by atoms with Crippen molar-refractivity contribution in [1.29, 1.82) is 5.26 Å². The Bertz CT molecular complexity index is 1380. The van der Waals surface area contributed by atoms with Gasteiger partial charge in [0.25, 0.3) is 0 Å². The van der Waals surface area contributed by atoms with Gasteiger partial charge in [0, 0.05) is 30.1 Å². The first kappa shape index (κ1) is 31.3. The monoisotopic (exact) mass is 556 g/mol. The minimum Gasteiger partial charge on any atom is -0.495 e. The lowest BCUT2D eigenvalue weighted by Gasteiger charge is -2.31. The molecule has 0 spiro atoms. The van der Waals surface area contributed by atoms with Gasteiger partial charge in [-0.2, -0.15) is 5.26 Å². The van der Waals surface area contributed by atoms with Crippen molar-refractivity contribution >= 4 is 28.7 Å². The van der Waals surface area contributed by atoms with E-state index in [0.717, 1.165) is 53.9 Å². The zero-order valence-corrected chi connectivity index (χ0v) is 24.2. The van der Waals surface area contributed by atoms with Crippen molar-refractivity contribution in [2.75, 3.05) is 59.2 Å². The standard InChI is InChI=1S/C21H17N3O2.C11H23N3O/c1-14(11-22)12-23-21-18-10-16(19-5-3-4-17(13-25)24-19)7-6-15(18)8-9-20(21)26-2;1-12-6-3-10-4-7-14(8-5-10)9-11(15)13-2/h3-10,13,23H,1,12H2,2H3;10,12H,3-9H2,1-2H3,(H,13,15). The van der Waals surface area contributed by atoms with Gasteiger partial charge < -0.3 is 20.7 Å². The number of nitrogens with one attached hydrogen (secondary N) is 3. The summed E-state index contributed by atoms with van der Waals surface area (Å²) >= 11 is 0. The minimum atomic E-state index is 0.128. The van der Waals surface area contributed by atoms with Crippen LogP contribution in [-0.2, 0) is 4.79 Å². The summed E-state index contributed by atoms with van der Waals surface area (Å²) in [4.78, 5) is 28.8. The van der Waals surface area contributed by atoms with Gasteiger partial charge >= 0.3 is 0 Å². The fourth-order valence-corrected chi connectivity index (χ4v) is 4.79. The van der Waals surface area contributed by atoms with Crippen LogP contribution in [0.25, 0.3) is 22.0 Å². The molecule has 41 heavy (non-hydrogen) atoms. The Hall–Kier alpha value is -4.26. The molecule has 9 heteroatoms. The summed E-state index contributed by atoms with van der Waals surface area (Å²) in [6.45, 7) is 7.85. The van der Waals surface area contributed by atoms with Gasteiger partial charge in [-0.3, -0.25) is 14.5 Å². The van der Waals surface area contributed by atoms with Crippen molar-refractivity contribution in [3.05, 3.63) is 66.4 Å². The molecule has 216 valence electrons. The van der Waals surface area contributed by atoms with Gasteiger partial charge in [0.2, 0.25) is 5.91 Å². The average molecular weight is 557 g/mol. The number of nitriles is 1. The number of ether oxygens (including phenoxy) is 1. The number of hydrogen-bond acceptors (Lipinski definition) is 8. The number of aldehydes is 1. The topological polar surface area (TPSA) is 119 Å². The van der Waals surface area contributed by atoms with Crippen LogP contribution in [0.3, 0.4) is 0 Å². The maximum atomic E-state index is 11.2. The molecule has 0 aliphatic carbocycles. The van der Waals surface area contributed by atoms with Gasteiger partial charge in [-0.25, -0.2) is 4.98 Å². The first-order valence-electron chi connectivity index (χ1n) is 13.8. The van der Waals surface area contributed by atoms with Crippen LogP contribution in [-0.4, -0.2) is 76.0 Å². The zero-order valence-electron chi connectivity index (χ0n) is 24.2. The van der Waals surface area contributed by atoms with E-state index in [1.807, 2.05) is 49.5 Å². The van der Waals surface area contributed by atoms with Crippen molar-refractivity contribution in [3.8, 4) is 23.1 Å². The van der Waals surface area contributed by atoms with Gasteiger partial charge in [0.15, 0.2) is 6.29 Å². The number of carbonyl (C=O) groups is 2. The number of nitrogens with zero attached hydrogens (tertiary/aromatic N) is 3. The Balaban J connectivity index is 0.000000263. The second-order valence-electron chi connectivity index (χ2n) is 10.00. The van der Waals surface area contributed by atoms with Crippen LogP contribution in [0.15, 0.2) is 60.7 Å². The van der Waals surface area contributed by atoms with Gasteiger partial charge in [-0.15, -0.1) is 0 Å². The summed E-state index contributed by atoms with van der Waals surface area (Å²) in [7, 11) is 5.30. The number of carbonyl (C=O) groups excluding carboxylic acids is 2. The largest absolute Gasteiger partial charge is 0.495 e. The highest BCUT2D eigenvalue weighted by Gasteiger charge is 2.19. The molecule has 2 aromatic carbocycles. The summed E-state index contributed by atoms with van der Waals surface area (Å²) in [5.74, 6) is 1.65. The molecule has 0 saturated carbocycles. The van der Waals surface area contributed by atoms with Gasteiger partial charge in [0.1, 0.15) is 11.4 Å². The molecular formula is C32H40N6O3. The maximum absolute atomic E-state index is 11.2. The van der Waals surface area contributed by atoms with Gasteiger partial charge in [-0.1, -0.05) is 30.8 Å². The number of aromatic nitrogens is 1. The SMILES string of the molecule is C=C(C#N)CNc1c(OC)ccc2ccc(-c3cccc(C=O)n3)cc12.CNCCC1CCN(CC(=O)NC)CC1. The van der Waals surface area contributed by atoms with Gasteiger partial charge in [0.05, 0.1) is 31.1 Å². The smallest absolute Gasteiger partial charge is 0.233 e. The van der Waals surface area contributed by atoms with Crippen LogP contribution in [0.1, 0.15) is 29.8 Å². The molecule has 0 atom stereocenters. The lowest BCUT2D eigenvalue weighted by atomic mass is 9.93. The molecule has 0 unspecified atom stereocenters. The van der Waals surface area contributed by atoms with E-state index in [0.29, 0.717) is 35.8 Å². The number of amides is 1. The van der Waals surface area contributed by atoms with E-state index in [1.165, 1.54) is 19.3 Å². The Labute approximate surface area is 242 Å². The van der Waals surface area contributed by atoms with E-state index >= 15 is 0 Å². The molecule has 1 aliphatic rings. The molecule has 1 amide bonds. The molecule has 1 saturated heterocycles. The molecule has 4 rings (SSSR count). The summed E-state index contributed by atoms with van der Waals surface area (Å²) in [5, 5.41) is 20.0. The fraction of sp³-hybridized carbons (Fsp3) is 0.375. The number of rotatable bonds is 11. The second kappa shape index (κ2) is 16.1. The molecular weight excluding hydrogens is 516 g/mol. The Morgan fingerprint density at radius 3 is 2.61 bits per heavy atom. The van der Waals surface area contributed by atoms with E-state index in [2.05, 4.69) is 32.4 Å². The Kier molecular flexibility index (Phi) is 12.3. The molecule has 1 fully saturated rings. The van der Waals surface area contributed by atoms with Crippen molar-refractivity contribution < 1.29 is 14.3 Å². The third-order valence-corrected chi connectivity index (χ3v) is 7.18. The first-order valence-corrected chi connectivity index (χ1v) is 13.8. The number of methoxy groups -OCH3 is 1. The van der Waals surface area contributed by atoms with E-state index < -0.39 is 0 Å². The number of likely N-dealkylation sites (N-methyl/N-ethyl adjacent to an activating group) is 1. The normalized spacial score (nSPS) is 13.4. The van der Waals surface area contributed by atoms with Crippen LogP contribution < -0.4 is 20.7 Å². The first-order chi connectivity index (χ1) is 19.9. The quantitative estimate of drug-likeness (QED) is 0.237. The minimum absolute atomic E-state index is 0.128. The molecule has 1 aromatic heterocycles. The third kappa shape index (κ3) is 9.13. The highest BCUT2D eigenvalue weighted by Crippen LogP contribution is 2.35. The van der Waals surface area contributed by atoms with Crippen molar-refractivity contribution in [1.82, 2.24) is 20.5 Å². The number of pyridine rings is 1. The van der Waals surface area contributed by atoms with Crippen molar-refractivity contribution in [2.45, 2.75) is 19.3 Å². The molecule has 9 nitrogen and oxygen atoms in total. The number of anilines is 1. The van der Waals surface area contributed by atoms with Crippen LogP contribution in [0, 0.1) is 17.2 Å². The second-order valence-corrected chi connectivity index (χ2v) is 10.00. The molecule has 1 aliphatic heterocycles. The summed E-state index contributed by atoms with van der Waals surface area (Å²) in [5.41, 5.74) is 3.20. The number of piperidine rings is 1. The molecule has 3 aromatic rings. The predicted octanol–water partition coefficient (Wildman–Crippen LogP) is 4.27. The summed E-state index contributed by atoms with van der Waals surface area (Å²) in [6.07, 6.45) is 4.47. The van der Waals surface area contributed by atoms with E-state index in [9.17, 15) is 9.59 Å². The van der Waals surface area contributed by atoms with E-state index in [4.69, 9.17) is 10.00 Å². The maximum Gasteiger partial charge on any atom is 0.233 e. The van der Waals surface area contributed by atoms with E-state index in [1.54, 1.807) is 26.3 Å². The highest BCUT2D eigenvalue weighted by atomic mass is 16.5. The van der Waals surface area contributed by atoms with Crippen LogP contribution in [0.4, 0.5) is 5.69 Å². The number of fused-ring (bicyclic) bond motifs is 1. The van der Waals surface area contributed by atoms with E-state index in [-0.39, 0.29) is 5.91 Å². The summed E-state index contributed by atoms with van der Waals surface area (Å²) < 4.78 is 5.46. The predicted molar refractivity (Wildman–Crippen MR) is 164 cm³/mol. The fourth-order valence-electron chi connectivity index (χ4n) is 4.79. The Morgan fingerprint density at radius 1 is 1.20 bits per heavy atom. The van der Waals surface area contributed by atoms with Crippen LogP contribution in [0.5, 0.6) is 5.75 Å². The number of hydrogen-bond donors (Lipinski definition) is 3. The molecule has 2 heterocycles. The van der Waals surface area contributed by atoms with Gasteiger partial charge in [-0.05, 0) is 81.5 Å². The average Bonchev–Trinajstić information content (AvgIpc) is 3.02. The van der Waals surface area contributed by atoms with Crippen molar-refractivity contribution in [3.63, 3.8) is 0 Å². The molecule has 0 bridgehead atoms. The van der Waals surface area contributed by atoms with Crippen LogP contribution >= 0.6 is 0 Å². The molecule has 3 N–H and O–H groups in total. The summed E-state index contributed by atoms with van der Waals surface area (Å²) in [6, 6.07) is 17.2.